The first-order chi connectivity index (χ1) is 17.1. The van der Waals surface area contributed by atoms with Gasteiger partial charge in [-0.3, -0.25) is 4.79 Å². The summed E-state index contributed by atoms with van der Waals surface area (Å²) in [6, 6.07) is 11.6. The van der Waals surface area contributed by atoms with Gasteiger partial charge in [0.2, 0.25) is 0 Å². The summed E-state index contributed by atoms with van der Waals surface area (Å²) in [5, 5.41) is 0. The molecular formula is C29H38F3NO3. The summed E-state index contributed by atoms with van der Waals surface area (Å²) < 4.78 is 49.9. The minimum atomic E-state index is -4.39. The fourth-order valence-corrected chi connectivity index (χ4v) is 5.11. The van der Waals surface area contributed by atoms with Gasteiger partial charge in [0.05, 0.1) is 18.6 Å². The minimum absolute atomic E-state index is 0.268. The molecule has 2 atom stereocenters. The van der Waals surface area contributed by atoms with Crippen LogP contribution in [0, 0.1) is 5.92 Å². The van der Waals surface area contributed by atoms with Crippen molar-refractivity contribution in [2.75, 3.05) is 32.3 Å². The Morgan fingerprint density at radius 2 is 1.78 bits per heavy atom. The van der Waals surface area contributed by atoms with E-state index in [1.54, 1.807) is 7.11 Å². The van der Waals surface area contributed by atoms with Gasteiger partial charge in [-0.15, -0.1) is 0 Å². The average Bonchev–Trinajstić information content (AvgIpc) is 2.86. The van der Waals surface area contributed by atoms with Gasteiger partial charge in [0.25, 0.3) is 0 Å². The van der Waals surface area contributed by atoms with E-state index in [2.05, 4.69) is 24.8 Å². The summed E-state index contributed by atoms with van der Waals surface area (Å²) in [6.07, 6.45) is 1.52. The molecule has 1 aliphatic heterocycles. The summed E-state index contributed by atoms with van der Waals surface area (Å²) in [6.45, 7) is 5.74. The van der Waals surface area contributed by atoms with Crippen LogP contribution in [-0.2, 0) is 20.4 Å². The van der Waals surface area contributed by atoms with E-state index >= 15 is 0 Å². The van der Waals surface area contributed by atoms with Crippen LogP contribution in [0.2, 0.25) is 0 Å². The molecule has 0 aliphatic carbocycles. The number of carbonyl (C=O) groups excluding carboxylic acids is 1. The Kier molecular flexibility index (Phi) is 9.83. The number of hydrogen-bond acceptors (Lipinski definition) is 4. The summed E-state index contributed by atoms with van der Waals surface area (Å²) in [5.41, 5.74) is 2.65. The number of carbonyl (C=O) groups is 1. The van der Waals surface area contributed by atoms with Crippen molar-refractivity contribution in [3.8, 4) is 11.1 Å². The first kappa shape index (κ1) is 28.0. The predicted octanol–water partition coefficient (Wildman–Crippen LogP) is 7.46. The van der Waals surface area contributed by atoms with Crippen molar-refractivity contribution in [1.29, 1.82) is 0 Å². The molecule has 36 heavy (non-hydrogen) atoms. The Balaban J connectivity index is 2.08. The van der Waals surface area contributed by atoms with Crippen molar-refractivity contribution in [3.05, 3.63) is 53.6 Å². The number of hydrogen-bond donors (Lipinski definition) is 0. The molecule has 0 spiro atoms. The fraction of sp³-hybridized carbons (Fsp3) is 0.552. The Labute approximate surface area is 212 Å². The third kappa shape index (κ3) is 7.25. The zero-order valence-corrected chi connectivity index (χ0v) is 21.7. The molecule has 1 aliphatic rings. The number of ether oxygens (including phenoxy) is 2. The quantitative estimate of drug-likeness (QED) is 0.248. The first-order valence-corrected chi connectivity index (χ1v) is 12.8. The summed E-state index contributed by atoms with van der Waals surface area (Å²) >= 11 is 0. The van der Waals surface area contributed by atoms with Crippen LogP contribution in [0.15, 0.2) is 42.5 Å². The maximum absolute atomic E-state index is 13.2. The van der Waals surface area contributed by atoms with Gasteiger partial charge in [0.1, 0.15) is 0 Å². The van der Waals surface area contributed by atoms with E-state index in [1.165, 1.54) is 19.2 Å². The summed E-state index contributed by atoms with van der Waals surface area (Å²) in [7, 11) is 3.10. The highest BCUT2D eigenvalue weighted by Gasteiger charge is 2.30. The number of halogens is 3. The van der Waals surface area contributed by atoms with Crippen molar-refractivity contribution in [1.82, 2.24) is 0 Å². The SMILES string of the molecule is COCCCC1CCCCN1c1cc(-c2ccc(C(F)(F)F)cc2)cc(C(CC(C)C)C(=O)OC)c1. The number of piperidine rings is 1. The van der Waals surface area contributed by atoms with Crippen LogP contribution in [0.4, 0.5) is 18.9 Å². The normalized spacial score (nSPS) is 17.3. The van der Waals surface area contributed by atoms with E-state index in [0.717, 1.165) is 67.6 Å². The van der Waals surface area contributed by atoms with Gasteiger partial charge in [0, 0.05) is 32.0 Å². The number of nitrogens with zero attached hydrogens (tertiary/aromatic N) is 1. The number of anilines is 1. The van der Waals surface area contributed by atoms with Gasteiger partial charge >= 0.3 is 12.1 Å². The van der Waals surface area contributed by atoms with Gasteiger partial charge in [-0.1, -0.05) is 32.0 Å². The van der Waals surface area contributed by atoms with Gasteiger partial charge in [-0.2, -0.15) is 13.2 Å². The highest BCUT2D eigenvalue weighted by Crippen LogP contribution is 2.37. The van der Waals surface area contributed by atoms with Crippen molar-refractivity contribution in [3.63, 3.8) is 0 Å². The van der Waals surface area contributed by atoms with Crippen LogP contribution >= 0.6 is 0 Å². The molecule has 198 valence electrons. The Morgan fingerprint density at radius 1 is 1.06 bits per heavy atom. The lowest BCUT2D eigenvalue weighted by atomic mass is 9.87. The zero-order chi connectivity index (χ0) is 26.3. The predicted molar refractivity (Wildman–Crippen MR) is 137 cm³/mol. The minimum Gasteiger partial charge on any atom is -0.469 e. The Bertz CT molecular complexity index is 988. The Morgan fingerprint density at radius 3 is 2.39 bits per heavy atom. The first-order valence-electron chi connectivity index (χ1n) is 12.8. The molecule has 0 aromatic heterocycles. The average molecular weight is 506 g/mol. The van der Waals surface area contributed by atoms with Crippen molar-refractivity contribution < 1.29 is 27.4 Å². The molecule has 0 N–H and O–H groups in total. The van der Waals surface area contributed by atoms with Crippen LogP contribution < -0.4 is 4.90 Å². The van der Waals surface area contributed by atoms with Crippen LogP contribution in [0.1, 0.15) is 69.4 Å². The van der Waals surface area contributed by atoms with E-state index in [-0.39, 0.29) is 11.9 Å². The van der Waals surface area contributed by atoms with Gasteiger partial charge in [-0.05, 0) is 85.4 Å². The van der Waals surface area contributed by atoms with E-state index in [1.807, 2.05) is 12.1 Å². The van der Waals surface area contributed by atoms with Crippen molar-refractivity contribution in [2.24, 2.45) is 5.92 Å². The van der Waals surface area contributed by atoms with E-state index in [9.17, 15) is 18.0 Å². The fourth-order valence-electron chi connectivity index (χ4n) is 5.11. The van der Waals surface area contributed by atoms with Crippen LogP contribution in [-0.4, -0.2) is 39.4 Å². The number of esters is 1. The molecule has 1 heterocycles. The lowest BCUT2D eigenvalue weighted by Crippen LogP contribution is -2.39. The monoisotopic (exact) mass is 505 g/mol. The molecule has 4 nitrogen and oxygen atoms in total. The second-order valence-electron chi connectivity index (χ2n) is 10.1. The molecule has 3 rings (SSSR count). The standard InChI is InChI=1S/C29H38F3NO3/c1-20(2)16-27(28(34)36-4)23-17-22(21-10-12-24(13-11-21)29(30,31)32)18-26(19-23)33-14-6-5-8-25(33)9-7-15-35-3/h10-13,17-20,25,27H,5-9,14-16H2,1-4H3. The summed E-state index contributed by atoms with van der Waals surface area (Å²) in [4.78, 5) is 15.2. The topological polar surface area (TPSA) is 38.8 Å². The second-order valence-corrected chi connectivity index (χ2v) is 10.1. The van der Waals surface area contributed by atoms with Gasteiger partial charge in [0.15, 0.2) is 0 Å². The molecule has 1 fully saturated rings. The molecule has 2 aromatic carbocycles. The summed E-state index contributed by atoms with van der Waals surface area (Å²) in [5.74, 6) is -0.474. The lowest BCUT2D eigenvalue weighted by molar-refractivity contribution is -0.143. The Hall–Kier alpha value is -2.54. The number of benzene rings is 2. The zero-order valence-electron chi connectivity index (χ0n) is 21.7. The van der Waals surface area contributed by atoms with E-state index in [0.29, 0.717) is 24.6 Å². The largest absolute Gasteiger partial charge is 0.469 e. The van der Waals surface area contributed by atoms with Crippen LogP contribution in [0.25, 0.3) is 11.1 Å². The maximum Gasteiger partial charge on any atom is 0.416 e. The third-order valence-corrected chi connectivity index (χ3v) is 6.93. The van der Waals surface area contributed by atoms with Gasteiger partial charge in [-0.25, -0.2) is 0 Å². The number of alkyl halides is 3. The van der Waals surface area contributed by atoms with Crippen molar-refractivity contribution in [2.45, 2.75) is 70.5 Å². The molecule has 2 unspecified atom stereocenters. The molecule has 0 saturated carbocycles. The lowest BCUT2D eigenvalue weighted by Gasteiger charge is -2.38. The highest BCUT2D eigenvalue weighted by molar-refractivity contribution is 5.80. The molecule has 2 aromatic rings. The second kappa shape index (κ2) is 12.6. The molecule has 0 bridgehead atoms. The van der Waals surface area contributed by atoms with E-state index < -0.39 is 17.7 Å². The van der Waals surface area contributed by atoms with Crippen LogP contribution in [0.3, 0.4) is 0 Å². The third-order valence-electron chi connectivity index (χ3n) is 6.93. The number of rotatable bonds is 10. The molecule has 7 heteroatoms. The maximum atomic E-state index is 13.2. The van der Waals surface area contributed by atoms with Crippen molar-refractivity contribution >= 4 is 11.7 Å². The molecule has 0 radical (unpaired) electrons. The molecular weight excluding hydrogens is 467 g/mol. The highest BCUT2D eigenvalue weighted by atomic mass is 19.4. The van der Waals surface area contributed by atoms with Gasteiger partial charge < -0.3 is 14.4 Å². The molecule has 1 saturated heterocycles. The smallest absolute Gasteiger partial charge is 0.416 e. The van der Waals surface area contributed by atoms with Crippen LogP contribution in [0.5, 0.6) is 0 Å². The number of methoxy groups -OCH3 is 2. The van der Waals surface area contributed by atoms with E-state index in [4.69, 9.17) is 9.47 Å². The molecule has 0 amide bonds.